The molecule has 0 saturated carbocycles. The predicted octanol–water partition coefficient (Wildman–Crippen LogP) is 3.29. The van der Waals surface area contributed by atoms with Gasteiger partial charge in [0.05, 0.1) is 0 Å². The Bertz CT molecular complexity index is 612. The molecule has 0 amide bonds. The van der Waals surface area contributed by atoms with E-state index in [1.807, 2.05) is 14.0 Å². The summed E-state index contributed by atoms with van der Waals surface area (Å²) < 4.78 is 19.5. The van der Waals surface area contributed by atoms with E-state index >= 15 is 0 Å². The Balaban J connectivity index is 2.10. The van der Waals surface area contributed by atoms with Crippen molar-refractivity contribution in [1.29, 1.82) is 0 Å². The zero-order valence-electron chi connectivity index (χ0n) is 11.2. The summed E-state index contributed by atoms with van der Waals surface area (Å²) in [5.41, 5.74) is 0.461. The molecule has 0 spiro atoms. The van der Waals surface area contributed by atoms with Gasteiger partial charge in [0.2, 0.25) is 0 Å². The molecule has 1 heterocycles. The number of aromatic nitrogens is 2. The molecule has 1 N–H and O–H groups in total. The number of nitrogens with zero attached hydrogens (tertiary/aromatic N) is 2. The monoisotopic (exact) mass is 339 g/mol. The topological polar surface area (TPSA) is 51.0 Å². The van der Waals surface area contributed by atoms with Crippen molar-refractivity contribution < 1.29 is 8.91 Å². The maximum atomic E-state index is 13.5. The first-order valence-corrected chi connectivity index (χ1v) is 7.01. The number of rotatable bonds is 5. The van der Waals surface area contributed by atoms with E-state index in [0.717, 1.165) is 4.47 Å². The summed E-state index contributed by atoms with van der Waals surface area (Å²) in [5.74, 6) is 0.692. The molecule has 106 valence electrons. The largest absolute Gasteiger partial charge is 0.335 e. The van der Waals surface area contributed by atoms with Gasteiger partial charge in [0.15, 0.2) is 5.82 Å². The first-order valence-electron chi connectivity index (χ1n) is 6.21. The molecule has 0 saturated heterocycles. The molecule has 0 aliphatic heterocycles. The minimum Gasteiger partial charge on any atom is -0.335 e. The fraction of sp³-hybridized carbons (Fsp3) is 0.286. The number of likely N-dealkylation sites (N-methyl/N-ethyl adjacent to an activating group) is 1. The number of hydrogen-bond acceptors (Lipinski definition) is 4. The molecule has 0 aliphatic rings. The Labute approximate surface area is 125 Å². The lowest BCUT2D eigenvalue weighted by Crippen LogP contribution is -2.24. The molecule has 1 atom stereocenters. The van der Waals surface area contributed by atoms with Crippen molar-refractivity contribution in [3.05, 3.63) is 45.8 Å². The normalized spacial score (nSPS) is 13.0. The minimum atomic E-state index is -0.298. The number of halogens is 2. The van der Waals surface area contributed by atoms with Crippen LogP contribution in [-0.4, -0.2) is 23.2 Å². The van der Waals surface area contributed by atoms with Gasteiger partial charge in [-0.05, 0) is 38.2 Å². The second kappa shape index (κ2) is 6.76. The molecule has 1 aromatic carbocycles. The van der Waals surface area contributed by atoms with E-state index in [1.165, 1.54) is 6.07 Å². The quantitative estimate of drug-likeness (QED) is 0.908. The summed E-state index contributed by atoms with van der Waals surface area (Å²) >= 11 is 3.30. The number of nitrogens with one attached hydrogen (secondary N) is 1. The fourth-order valence-corrected chi connectivity index (χ4v) is 1.98. The molecule has 0 fully saturated rings. The second-order valence-electron chi connectivity index (χ2n) is 4.44. The maximum absolute atomic E-state index is 13.5. The Morgan fingerprint density at radius 2 is 2.25 bits per heavy atom. The van der Waals surface area contributed by atoms with Crippen LogP contribution in [0.25, 0.3) is 12.2 Å². The zero-order chi connectivity index (χ0) is 14.5. The third-order valence-corrected chi connectivity index (χ3v) is 3.32. The zero-order valence-corrected chi connectivity index (χ0v) is 12.8. The van der Waals surface area contributed by atoms with Gasteiger partial charge in [-0.1, -0.05) is 21.1 Å². The van der Waals surface area contributed by atoms with E-state index in [4.69, 9.17) is 4.52 Å². The lowest BCUT2D eigenvalue weighted by Gasteiger charge is -2.04. The van der Waals surface area contributed by atoms with Crippen molar-refractivity contribution in [3.8, 4) is 0 Å². The van der Waals surface area contributed by atoms with Crippen LogP contribution in [0.4, 0.5) is 4.39 Å². The van der Waals surface area contributed by atoms with Crippen molar-refractivity contribution in [1.82, 2.24) is 15.5 Å². The van der Waals surface area contributed by atoms with Crippen LogP contribution in [0.5, 0.6) is 0 Å². The molecule has 2 aromatic rings. The first kappa shape index (κ1) is 14.9. The standard InChI is InChI=1S/C14H15BrFN3O/c1-9(17-2)7-13-18-14(20-19-13)6-3-10-8-11(15)4-5-12(10)16/h3-6,8-9,17H,7H2,1-2H3/b6-3+. The molecular formula is C14H15BrFN3O. The molecule has 0 bridgehead atoms. The lowest BCUT2D eigenvalue weighted by molar-refractivity contribution is 0.400. The van der Waals surface area contributed by atoms with Crippen LogP contribution < -0.4 is 5.32 Å². The SMILES string of the molecule is CNC(C)Cc1noc(/C=C/c2cc(Br)ccc2F)n1. The van der Waals surface area contributed by atoms with Gasteiger partial charge in [-0.2, -0.15) is 4.98 Å². The number of benzene rings is 1. The highest BCUT2D eigenvalue weighted by atomic mass is 79.9. The van der Waals surface area contributed by atoms with E-state index in [0.29, 0.717) is 23.7 Å². The summed E-state index contributed by atoms with van der Waals surface area (Å²) in [4.78, 5) is 4.23. The first-order chi connectivity index (χ1) is 9.58. The van der Waals surface area contributed by atoms with Crippen LogP contribution in [0, 0.1) is 5.82 Å². The van der Waals surface area contributed by atoms with Gasteiger partial charge in [-0.3, -0.25) is 0 Å². The number of hydrogen-bond donors (Lipinski definition) is 1. The Kier molecular flexibility index (Phi) is 5.03. The maximum Gasteiger partial charge on any atom is 0.250 e. The Morgan fingerprint density at radius 1 is 1.45 bits per heavy atom. The lowest BCUT2D eigenvalue weighted by atomic mass is 10.2. The second-order valence-corrected chi connectivity index (χ2v) is 5.36. The smallest absolute Gasteiger partial charge is 0.250 e. The summed E-state index contributed by atoms with van der Waals surface area (Å²) in [6.45, 7) is 2.03. The summed E-state index contributed by atoms with van der Waals surface area (Å²) in [6.07, 6.45) is 3.89. The van der Waals surface area contributed by atoms with Crippen molar-refractivity contribution in [2.45, 2.75) is 19.4 Å². The summed E-state index contributed by atoms with van der Waals surface area (Å²) in [6, 6.07) is 5.01. The van der Waals surface area contributed by atoms with Crippen LogP contribution >= 0.6 is 15.9 Å². The van der Waals surface area contributed by atoms with Crippen LogP contribution in [0.15, 0.2) is 27.2 Å². The molecular weight excluding hydrogens is 325 g/mol. The van der Waals surface area contributed by atoms with Crippen LogP contribution in [0.1, 0.15) is 24.2 Å². The van der Waals surface area contributed by atoms with E-state index in [1.54, 1.807) is 24.3 Å². The Morgan fingerprint density at radius 3 is 3.00 bits per heavy atom. The van der Waals surface area contributed by atoms with Gasteiger partial charge in [0.25, 0.3) is 5.89 Å². The Hall–Kier alpha value is -1.53. The molecule has 1 aromatic heterocycles. The van der Waals surface area contributed by atoms with Gasteiger partial charge >= 0.3 is 0 Å². The third kappa shape index (κ3) is 3.98. The summed E-state index contributed by atoms with van der Waals surface area (Å²) in [7, 11) is 1.88. The van der Waals surface area contributed by atoms with Gasteiger partial charge in [0, 0.05) is 28.6 Å². The minimum absolute atomic E-state index is 0.270. The van der Waals surface area contributed by atoms with E-state index < -0.39 is 0 Å². The van der Waals surface area contributed by atoms with Crippen LogP contribution in [0.3, 0.4) is 0 Å². The van der Waals surface area contributed by atoms with E-state index in [2.05, 4.69) is 31.4 Å². The van der Waals surface area contributed by atoms with Crippen LogP contribution in [-0.2, 0) is 6.42 Å². The summed E-state index contributed by atoms with van der Waals surface area (Å²) in [5, 5.41) is 6.98. The molecule has 0 aliphatic carbocycles. The molecule has 20 heavy (non-hydrogen) atoms. The molecule has 0 radical (unpaired) electrons. The molecule has 6 heteroatoms. The van der Waals surface area contributed by atoms with Crippen molar-refractivity contribution in [3.63, 3.8) is 0 Å². The fourth-order valence-electron chi connectivity index (χ4n) is 1.60. The average molecular weight is 340 g/mol. The van der Waals surface area contributed by atoms with Crippen molar-refractivity contribution in [2.75, 3.05) is 7.05 Å². The van der Waals surface area contributed by atoms with E-state index in [9.17, 15) is 4.39 Å². The van der Waals surface area contributed by atoms with Gasteiger partial charge in [0.1, 0.15) is 5.82 Å². The van der Waals surface area contributed by atoms with Crippen molar-refractivity contribution >= 4 is 28.1 Å². The molecule has 4 nitrogen and oxygen atoms in total. The van der Waals surface area contributed by atoms with Gasteiger partial charge in [-0.15, -0.1) is 0 Å². The highest BCUT2D eigenvalue weighted by Crippen LogP contribution is 2.17. The van der Waals surface area contributed by atoms with E-state index in [-0.39, 0.29) is 11.9 Å². The predicted molar refractivity (Wildman–Crippen MR) is 79.6 cm³/mol. The highest BCUT2D eigenvalue weighted by Gasteiger charge is 2.07. The third-order valence-electron chi connectivity index (χ3n) is 2.83. The average Bonchev–Trinajstić information content (AvgIpc) is 2.87. The van der Waals surface area contributed by atoms with Gasteiger partial charge < -0.3 is 9.84 Å². The van der Waals surface area contributed by atoms with Gasteiger partial charge in [-0.25, -0.2) is 4.39 Å². The van der Waals surface area contributed by atoms with Crippen LogP contribution in [0.2, 0.25) is 0 Å². The molecule has 1 unspecified atom stereocenters. The highest BCUT2D eigenvalue weighted by molar-refractivity contribution is 9.10. The van der Waals surface area contributed by atoms with Crippen molar-refractivity contribution in [2.24, 2.45) is 0 Å². The molecule has 2 rings (SSSR count).